The topological polar surface area (TPSA) is 104 Å². The molecule has 1 aromatic heterocycles. The van der Waals surface area contributed by atoms with E-state index in [4.69, 9.17) is 10.5 Å². The molecule has 0 saturated carbocycles. The van der Waals surface area contributed by atoms with Gasteiger partial charge in [0.05, 0.1) is 9.40 Å². The Kier molecular flexibility index (Phi) is 3.56. The van der Waals surface area contributed by atoms with Crippen molar-refractivity contribution in [1.29, 1.82) is 0 Å². The molecule has 0 amide bonds. The normalized spacial score (nSPS) is 10.2. The van der Waals surface area contributed by atoms with Crippen molar-refractivity contribution in [2.45, 2.75) is 0 Å². The number of hydrogen-bond donors (Lipinski definition) is 1. The first kappa shape index (κ1) is 13.1. The maximum Gasteiger partial charge on any atom is 0.372 e. The predicted octanol–water partition coefficient (Wildman–Crippen LogP) is 2.66. The molecule has 0 aliphatic heterocycles. The van der Waals surface area contributed by atoms with Crippen LogP contribution in [0.1, 0.15) is 0 Å². The number of hydrogen-bond acceptors (Lipinski definition) is 6. The second-order valence-corrected chi connectivity index (χ2v) is 4.20. The summed E-state index contributed by atoms with van der Waals surface area (Å²) in [7, 11) is 0. The van der Waals surface area contributed by atoms with Crippen LogP contribution in [0.25, 0.3) is 0 Å². The van der Waals surface area contributed by atoms with Crippen LogP contribution in [0.2, 0.25) is 0 Å². The molecule has 2 rings (SSSR count). The van der Waals surface area contributed by atoms with Crippen LogP contribution in [-0.2, 0) is 0 Å². The molecule has 7 nitrogen and oxygen atoms in total. The molecule has 0 radical (unpaired) electrons. The average Bonchev–Trinajstić information content (AvgIpc) is 2.32. The molecule has 0 aliphatic carbocycles. The molecule has 0 atom stereocenters. The van der Waals surface area contributed by atoms with Crippen LogP contribution in [0, 0.1) is 15.9 Å². The van der Waals surface area contributed by atoms with Gasteiger partial charge < -0.3 is 10.5 Å². The van der Waals surface area contributed by atoms with Crippen molar-refractivity contribution >= 4 is 27.4 Å². The van der Waals surface area contributed by atoms with Crippen LogP contribution in [-0.4, -0.2) is 14.9 Å². The minimum atomic E-state index is -0.748. The lowest BCUT2D eigenvalue weighted by Crippen LogP contribution is -2.02. The molecule has 2 N–H and O–H groups in total. The highest BCUT2D eigenvalue weighted by molar-refractivity contribution is 9.10. The number of anilines is 1. The molecule has 0 aliphatic rings. The highest BCUT2D eigenvalue weighted by atomic mass is 79.9. The largest absolute Gasteiger partial charge is 0.432 e. The van der Waals surface area contributed by atoms with E-state index in [-0.39, 0.29) is 17.4 Å². The Bertz CT molecular complexity index is 653. The number of nitrogens with zero attached hydrogens (tertiary/aromatic N) is 3. The van der Waals surface area contributed by atoms with E-state index in [0.717, 1.165) is 18.5 Å². The summed E-state index contributed by atoms with van der Waals surface area (Å²) in [6.07, 6.45) is 1.04. The summed E-state index contributed by atoms with van der Waals surface area (Å²) >= 11 is 3.08. The zero-order chi connectivity index (χ0) is 14.0. The molecule has 1 aromatic carbocycles. The molecular formula is C10H6BrFN4O3. The standard InChI is InChI=1S/C10H6BrFN4O3/c11-6-3-5(12)1-2-7(6)19-10-8(16(17)18)9(13)14-4-15-10/h1-4H,(H2,13,14,15). The first-order valence-electron chi connectivity index (χ1n) is 4.87. The lowest BCUT2D eigenvalue weighted by atomic mass is 10.3. The lowest BCUT2D eigenvalue weighted by molar-refractivity contribution is -0.385. The van der Waals surface area contributed by atoms with Gasteiger partial charge in [-0.05, 0) is 34.1 Å². The zero-order valence-electron chi connectivity index (χ0n) is 9.21. The second-order valence-electron chi connectivity index (χ2n) is 3.35. The maximum atomic E-state index is 12.9. The van der Waals surface area contributed by atoms with Gasteiger partial charge in [0.25, 0.3) is 0 Å². The first-order chi connectivity index (χ1) is 8.99. The molecule has 0 unspecified atom stereocenters. The molecule has 0 spiro atoms. The Labute approximate surface area is 114 Å². The third-order valence-electron chi connectivity index (χ3n) is 2.10. The predicted molar refractivity (Wildman–Crippen MR) is 67.3 cm³/mol. The minimum absolute atomic E-state index is 0.169. The summed E-state index contributed by atoms with van der Waals surface area (Å²) < 4.78 is 18.5. The van der Waals surface area contributed by atoms with E-state index in [1.54, 1.807) is 0 Å². The SMILES string of the molecule is Nc1ncnc(Oc2ccc(F)cc2Br)c1[N+](=O)[O-]. The number of halogens is 2. The van der Waals surface area contributed by atoms with Crippen molar-refractivity contribution in [3.63, 3.8) is 0 Å². The second kappa shape index (κ2) is 5.14. The Morgan fingerprint density at radius 3 is 2.79 bits per heavy atom. The fourth-order valence-electron chi connectivity index (χ4n) is 1.28. The third kappa shape index (κ3) is 2.76. The van der Waals surface area contributed by atoms with E-state index in [1.165, 1.54) is 6.07 Å². The van der Waals surface area contributed by atoms with Crippen molar-refractivity contribution in [2.24, 2.45) is 0 Å². The van der Waals surface area contributed by atoms with Crippen LogP contribution < -0.4 is 10.5 Å². The van der Waals surface area contributed by atoms with Crippen molar-refractivity contribution in [1.82, 2.24) is 9.97 Å². The number of ether oxygens (including phenoxy) is 1. The first-order valence-corrected chi connectivity index (χ1v) is 5.66. The number of benzene rings is 1. The number of nitro groups is 1. The summed E-state index contributed by atoms with van der Waals surface area (Å²) in [4.78, 5) is 17.3. The minimum Gasteiger partial charge on any atom is -0.432 e. The van der Waals surface area contributed by atoms with E-state index < -0.39 is 16.4 Å². The van der Waals surface area contributed by atoms with Gasteiger partial charge in [0.1, 0.15) is 17.9 Å². The van der Waals surface area contributed by atoms with E-state index in [2.05, 4.69) is 25.9 Å². The van der Waals surface area contributed by atoms with Crippen LogP contribution in [0.3, 0.4) is 0 Å². The molecular weight excluding hydrogens is 323 g/mol. The summed E-state index contributed by atoms with van der Waals surface area (Å²) in [6.45, 7) is 0. The van der Waals surface area contributed by atoms with Gasteiger partial charge in [0.15, 0.2) is 0 Å². The molecule has 2 aromatic rings. The van der Waals surface area contributed by atoms with Crippen LogP contribution in [0.4, 0.5) is 15.9 Å². The van der Waals surface area contributed by atoms with E-state index in [0.29, 0.717) is 4.47 Å². The van der Waals surface area contributed by atoms with Crippen LogP contribution in [0.5, 0.6) is 11.6 Å². The maximum absolute atomic E-state index is 12.9. The Morgan fingerprint density at radius 2 is 2.16 bits per heavy atom. The van der Waals surface area contributed by atoms with Gasteiger partial charge in [0, 0.05) is 0 Å². The van der Waals surface area contributed by atoms with Gasteiger partial charge in [-0.25, -0.2) is 9.37 Å². The summed E-state index contributed by atoms with van der Waals surface area (Å²) in [5, 5.41) is 10.9. The summed E-state index contributed by atoms with van der Waals surface area (Å²) in [5.41, 5.74) is 4.85. The lowest BCUT2D eigenvalue weighted by Gasteiger charge is -2.07. The zero-order valence-corrected chi connectivity index (χ0v) is 10.8. The molecule has 1 heterocycles. The van der Waals surface area contributed by atoms with Crippen molar-refractivity contribution in [3.8, 4) is 11.6 Å². The number of nitrogens with two attached hydrogens (primary N) is 1. The van der Waals surface area contributed by atoms with E-state index in [1.807, 2.05) is 0 Å². The molecule has 9 heteroatoms. The van der Waals surface area contributed by atoms with Gasteiger partial charge in [-0.1, -0.05) is 0 Å². The summed E-state index contributed by atoms with van der Waals surface area (Å²) in [6, 6.07) is 3.61. The average molecular weight is 329 g/mol. The van der Waals surface area contributed by atoms with Crippen LogP contribution in [0.15, 0.2) is 29.0 Å². The molecule has 98 valence electrons. The van der Waals surface area contributed by atoms with Crippen molar-refractivity contribution in [3.05, 3.63) is 44.9 Å². The van der Waals surface area contributed by atoms with Gasteiger partial charge in [-0.15, -0.1) is 0 Å². The fraction of sp³-hybridized carbons (Fsp3) is 0. The molecule has 0 bridgehead atoms. The molecule has 19 heavy (non-hydrogen) atoms. The quantitative estimate of drug-likeness (QED) is 0.686. The van der Waals surface area contributed by atoms with Crippen molar-refractivity contribution < 1.29 is 14.1 Å². The third-order valence-corrected chi connectivity index (χ3v) is 2.72. The Morgan fingerprint density at radius 1 is 1.42 bits per heavy atom. The van der Waals surface area contributed by atoms with Gasteiger partial charge >= 0.3 is 11.6 Å². The highest BCUT2D eigenvalue weighted by Gasteiger charge is 2.23. The van der Waals surface area contributed by atoms with Crippen molar-refractivity contribution in [2.75, 3.05) is 5.73 Å². The number of nitrogen functional groups attached to an aromatic ring is 1. The monoisotopic (exact) mass is 328 g/mol. The molecule has 0 fully saturated rings. The van der Waals surface area contributed by atoms with Gasteiger partial charge in [-0.3, -0.25) is 10.1 Å². The van der Waals surface area contributed by atoms with Crippen LogP contribution >= 0.6 is 15.9 Å². The Balaban J connectivity index is 2.44. The van der Waals surface area contributed by atoms with Gasteiger partial charge in [0.2, 0.25) is 5.82 Å². The highest BCUT2D eigenvalue weighted by Crippen LogP contribution is 2.35. The van der Waals surface area contributed by atoms with Gasteiger partial charge in [-0.2, -0.15) is 4.98 Å². The Hall–Kier alpha value is -2.29. The van der Waals surface area contributed by atoms with E-state index >= 15 is 0 Å². The number of rotatable bonds is 3. The smallest absolute Gasteiger partial charge is 0.372 e. The fourth-order valence-corrected chi connectivity index (χ4v) is 1.72. The summed E-state index contributed by atoms with van der Waals surface area (Å²) in [5.74, 6) is -0.934. The van der Waals surface area contributed by atoms with E-state index in [9.17, 15) is 14.5 Å². The number of aromatic nitrogens is 2. The molecule has 0 saturated heterocycles.